The number of hydrogen-bond acceptors (Lipinski definition) is 3. The van der Waals surface area contributed by atoms with Crippen LogP contribution in [0.2, 0.25) is 0 Å². The van der Waals surface area contributed by atoms with Crippen molar-refractivity contribution in [2.75, 3.05) is 6.54 Å². The number of carbonyl (C=O) groups is 2. The van der Waals surface area contributed by atoms with Crippen LogP contribution in [0.15, 0.2) is 47.5 Å². The van der Waals surface area contributed by atoms with Crippen LogP contribution in [0.5, 0.6) is 0 Å². The van der Waals surface area contributed by atoms with Crippen molar-refractivity contribution in [1.82, 2.24) is 10.6 Å². The SMILES string of the molecule is Cc1ccccc1C(=O)N/C(=C\c1cccs1)C(=O)NCC1CCCCC1. The van der Waals surface area contributed by atoms with E-state index in [0.29, 0.717) is 23.7 Å². The number of aryl methyl sites for hydroxylation is 1. The maximum absolute atomic E-state index is 12.8. The number of amides is 2. The van der Waals surface area contributed by atoms with Crippen LogP contribution in [-0.4, -0.2) is 18.4 Å². The Bertz CT molecular complexity index is 805. The van der Waals surface area contributed by atoms with E-state index in [4.69, 9.17) is 0 Å². The molecule has 2 aromatic rings. The van der Waals surface area contributed by atoms with E-state index >= 15 is 0 Å². The van der Waals surface area contributed by atoms with E-state index in [1.807, 2.05) is 42.6 Å². The molecular weight excluding hydrogens is 356 g/mol. The zero-order valence-electron chi connectivity index (χ0n) is 15.7. The van der Waals surface area contributed by atoms with Crippen LogP contribution in [0.25, 0.3) is 6.08 Å². The lowest BCUT2D eigenvalue weighted by molar-refractivity contribution is -0.117. The number of thiophene rings is 1. The number of carbonyl (C=O) groups excluding carboxylic acids is 2. The third kappa shape index (κ3) is 5.54. The van der Waals surface area contributed by atoms with Crippen LogP contribution in [0.4, 0.5) is 0 Å². The van der Waals surface area contributed by atoms with Gasteiger partial charge in [0.25, 0.3) is 11.8 Å². The molecule has 0 saturated heterocycles. The van der Waals surface area contributed by atoms with Gasteiger partial charge in [0.1, 0.15) is 5.70 Å². The smallest absolute Gasteiger partial charge is 0.267 e. The van der Waals surface area contributed by atoms with Crippen LogP contribution in [-0.2, 0) is 4.79 Å². The molecule has 5 heteroatoms. The Morgan fingerprint density at radius 1 is 1.11 bits per heavy atom. The zero-order valence-corrected chi connectivity index (χ0v) is 16.5. The normalized spacial score (nSPS) is 15.4. The van der Waals surface area contributed by atoms with E-state index in [2.05, 4.69) is 10.6 Å². The number of hydrogen-bond donors (Lipinski definition) is 2. The Morgan fingerprint density at radius 2 is 1.89 bits per heavy atom. The molecule has 2 N–H and O–H groups in total. The third-order valence-corrected chi connectivity index (χ3v) is 5.81. The Hall–Kier alpha value is -2.40. The summed E-state index contributed by atoms with van der Waals surface area (Å²) in [4.78, 5) is 26.4. The fraction of sp³-hybridized carbons (Fsp3) is 0.364. The number of benzene rings is 1. The van der Waals surface area contributed by atoms with E-state index in [-0.39, 0.29) is 11.8 Å². The van der Waals surface area contributed by atoms with Gasteiger partial charge < -0.3 is 10.6 Å². The van der Waals surface area contributed by atoms with E-state index < -0.39 is 0 Å². The molecular formula is C22H26N2O2S. The summed E-state index contributed by atoms with van der Waals surface area (Å²) < 4.78 is 0. The fourth-order valence-electron chi connectivity index (χ4n) is 3.41. The van der Waals surface area contributed by atoms with Gasteiger partial charge in [0.15, 0.2) is 0 Å². The van der Waals surface area contributed by atoms with Crippen LogP contribution >= 0.6 is 11.3 Å². The Labute approximate surface area is 164 Å². The van der Waals surface area contributed by atoms with Crippen molar-refractivity contribution in [3.8, 4) is 0 Å². The average Bonchev–Trinajstić information content (AvgIpc) is 3.20. The van der Waals surface area contributed by atoms with Gasteiger partial charge in [-0.3, -0.25) is 9.59 Å². The molecule has 1 heterocycles. The lowest BCUT2D eigenvalue weighted by atomic mass is 9.89. The van der Waals surface area contributed by atoms with E-state index in [1.165, 1.54) is 43.4 Å². The summed E-state index contributed by atoms with van der Waals surface area (Å²) in [6.07, 6.45) is 7.85. The Kier molecular flexibility index (Phi) is 6.82. The molecule has 0 spiro atoms. The third-order valence-electron chi connectivity index (χ3n) is 4.99. The van der Waals surface area contributed by atoms with Crippen molar-refractivity contribution in [2.45, 2.75) is 39.0 Å². The van der Waals surface area contributed by atoms with Crippen LogP contribution < -0.4 is 10.6 Å². The van der Waals surface area contributed by atoms with Gasteiger partial charge in [0.05, 0.1) is 0 Å². The predicted molar refractivity (Wildman–Crippen MR) is 111 cm³/mol. The molecule has 0 unspecified atom stereocenters. The quantitative estimate of drug-likeness (QED) is 0.722. The predicted octanol–water partition coefficient (Wildman–Crippen LogP) is 4.52. The summed E-state index contributed by atoms with van der Waals surface area (Å²) in [6.45, 7) is 2.56. The minimum absolute atomic E-state index is 0.226. The second-order valence-electron chi connectivity index (χ2n) is 7.06. The van der Waals surface area contributed by atoms with Crippen molar-refractivity contribution in [1.29, 1.82) is 0 Å². The number of rotatable bonds is 6. The highest BCUT2D eigenvalue weighted by Gasteiger charge is 2.18. The summed E-state index contributed by atoms with van der Waals surface area (Å²) in [6, 6.07) is 11.2. The van der Waals surface area contributed by atoms with Crippen molar-refractivity contribution < 1.29 is 9.59 Å². The van der Waals surface area contributed by atoms with Gasteiger partial charge in [-0.1, -0.05) is 43.5 Å². The van der Waals surface area contributed by atoms with E-state index in [9.17, 15) is 9.59 Å². The summed E-state index contributed by atoms with van der Waals surface area (Å²) >= 11 is 1.53. The van der Waals surface area contributed by atoms with Crippen LogP contribution in [0, 0.1) is 12.8 Å². The van der Waals surface area contributed by atoms with E-state index in [0.717, 1.165) is 10.4 Å². The molecule has 1 aromatic carbocycles. The topological polar surface area (TPSA) is 58.2 Å². The lowest BCUT2D eigenvalue weighted by Gasteiger charge is -2.22. The summed E-state index contributed by atoms with van der Waals surface area (Å²) in [7, 11) is 0. The summed E-state index contributed by atoms with van der Waals surface area (Å²) in [5, 5.41) is 7.79. The first-order valence-corrected chi connectivity index (χ1v) is 10.4. The minimum Gasteiger partial charge on any atom is -0.350 e. The molecule has 1 saturated carbocycles. The molecule has 1 aromatic heterocycles. The summed E-state index contributed by atoms with van der Waals surface area (Å²) in [5.41, 5.74) is 1.75. The Morgan fingerprint density at radius 3 is 2.59 bits per heavy atom. The molecule has 1 aliphatic rings. The van der Waals surface area contributed by atoms with E-state index in [1.54, 1.807) is 12.1 Å². The van der Waals surface area contributed by atoms with Crippen molar-refractivity contribution in [3.63, 3.8) is 0 Å². The monoisotopic (exact) mass is 382 g/mol. The van der Waals surface area contributed by atoms with Gasteiger partial charge >= 0.3 is 0 Å². The molecule has 4 nitrogen and oxygen atoms in total. The maximum Gasteiger partial charge on any atom is 0.267 e. The highest BCUT2D eigenvalue weighted by Crippen LogP contribution is 2.23. The van der Waals surface area contributed by atoms with Gasteiger partial charge in [-0.15, -0.1) is 11.3 Å². The standard InChI is InChI=1S/C22H26N2O2S/c1-16-8-5-6-12-19(16)21(25)24-20(14-18-11-7-13-27-18)22(26)23-15-17-9-3-2-4-10-17/h5-8,11-14,17H,2-4,9-10,15H2,1H3,(H,23,26)(H,24,25)/b20-14-. The lowest BCUT2D eigenvalue weighted by Crippen LogP contribution is -2.37. The maximum atomic E-state index is 12.8. The average molecular weight is 383 g/mol. The zero-order chi connectivity index (χ0) is 19.1. The van der Waals surface area contributed by atoms with Gasteiger partial charge in [-0.05, 0) is 54.8 Å². The molecule has 1 aliphatic carbocycles. The highest BCUT2D eigenvalue weighted by atomic mass is 32.1. The molecule has 0 aliphatic heterocycles. The molecule has 0 radical (unpaired) electrons. The van der Waals surface area contributed by atoms with Gasteiger partial charge in [-0.2, -0.15) is 0 Å². The number of nitrogens with one attached hydrogen (secondary N) is 2. The molecule has 0 bridgehead atoms. The van der Waals surface area contributed by atoms with Gasteiger partial charge in [0.2, 0.25) is 0 Å². The largest absolute Gasteiger partial charge is 0.350 e. The fourth-order valence-corrected chi connectivity index (χ4v) is 4.07. The van der Waals surface area contributed by atoms with Crippen molar-refractivity contribution in [2.24, 2.45) is 5.92 Å². The molecule has 1 fully saturated rings. The summed E-state index contributed by atoms with van der Waals surface area (Å²) in [5.74, 6) is 0.0531. The second kappa shape index (κ2) is 9.51. The first-order valence-electron chi connectivity index (χ1n) is 9.54. The molecule has 3 rings (SSSR count). The minimum atomic E-state index is -0.260. The van der Waals surface area contributed by atoms with Crippen molar-refractivity contribution in [3.05, 3.63) is 63.5 Å². The van der Waals surface area contributed by atoms with Crippen LogP contribution in [0.1, 0.15) is 52.9 Å². The Balaban J connectivity index is 1.71. The molecule has 142 valence electrons. The molecule has 2 amide bonds. The first-order chi connectivity index (χ1) is 13.1. The van der Waals surface area contributed by atoms with Gasteiger partial charge in [0, 0.05) is 17.0 Å². The molecule has 0 atom stereocenters. The molecule has 27 heavy (non-hydrogen) atoms. The first kappa shape index (κ1) is 19.4. The van der Waals surface area contributed by atoms with Crippen LogP contribution in [0.3, 0.4) is 0 Å². The second-order valence-corrected chi connectivity index (χ2v) is 8.04. The van der Waals surface area contributed by atoms with Gasteiger partial charge in [-0.25, -0.2) is 0 Å². The highest BCUT2D eigenvalue weighted by molar-refractivity contribution is 7.10. The van der Waals surface area contributed by atoms with Crippen molar-refractivity contribution >= 4 is 29.2 Å².